The summed E-state index contributed by atoms with van der Waals surface area (Å²) >= 11 is 6.00. The highest BCUT2D eigenvalue weighted by Crippen LogP contribution is 2.29. The van der Waals surface area contributed by atoms with E-state index in [0.717, 1.165) is 0 Å². The molecule has 32 heavy (non-hydrogen) atoms. The van der Waals surface area contributed by atoms with Crippen LogP contribution in [-0.4, -0.2) is 50.8 Å². The van der Waals surface area contributed by atoms with Crippen molar-refractivity contribution in [1.29, 1.82) is 0 Å². The summed E-state index contributed by atoms with van der Waals surface area (Å²) in [6, 6.07) is 11.0. The molecule has 0 saturated carbocycles. The number of halogens is 1. The van der Waals surface area contributed by atoms with E-state index in [1.807, 2.05) is 0 Å². The monoisotopic (exact) mass is 481 g/mol. The Labute approximate surface area is 193 Å². The third-order valence-corrected chi connectivity index (χ3v) is 7.00. The summed E-state index contributed by atoms with van der Waals surface area (Å²) in [7, 11) is -3.70. The summed E-state index contributed by atoms with van der Waals surface area (Å²) in [5, 5.41) is 5.65. The van der Waals surface area contributed by atoms with Crippen LogP contribution in [0.5, 0.6) is 5.75 Å². The molecule has 2 N–H and O–H groups in total. The van der Waals surface area contributed by atoms with E-state index in [1.165, 1.54) is 22.5 Å². The summed E-state index contributed by atoms with van der Waals surface area (Å²) < 4.78 is 32.5. The van der Waals surface area contributed by atoms with Gasteiger partial charge < -0.3 is 15.4 Å². The van der Waals surface area contributed by atoms with Gasteiger partial charge in [0.25, 0.3) is 5.91 Å². The molecule has 2 aromatic rings. The number of anilines is 1. The highest BCUT2D eigenvalue weighted by atomic mass is 35.5. The molecule has 2 rings (SSSR count). The molecule has 0 radical (unpaired) electrons. The molecule has 8 nitrogen and oxygen atoms in total. The molecular weight excluding hydrogens is 454 g/mol. The number of amides is 2. The molecule has 0 aliphatic heterocycles. The van der Waals surface area contributed by atoms with E-state index in [0.29, 0.717) is 36.0 Å². The number of hydrogen-bond donors (Lipinski definition) is 2. The molecule has 0 aromatic heterocycles. The van der Waals surface area contributed by atoms with E-state index in [9.17, 15) is 18.0 Å². The number of ether oxygens (including phenoxy) is 1. The molecule has 0 bridgehead atoms. The fourth-order valence-electron chi connectivity index (χ4n) is 3.00. The minimum atomic E-state index is -3.70. The van der Waals surface area contributed by atoms with Crippen LogP contribution in [0.1, 0.15) is 37.6 Å². The first kappa shape index (κ1) is 25.6. The fourth-order valence-corrected chi connectivity index (χ4v) is 4.71. The molecule has 0 saturated heterocycles. The van der Waals surface area contributed by atoms with Crippen molar-refractivity contribution in [1.82, 2.24) is 9.62 Å². The quantitative estimate of drug-likeness (QED) is 0.511. The summed E-state index contributed by atoms with van der Waals surface area (Å²) in [5.74, 6) is -0.423. The van der Waals surface area contributed by atoms with Gasteiger partial charge in [-0.25, -0.2) is 8.42 Å². The van der Waals surface area contributed by atoms with Gasteiger partial charge in [0.15, 0.2) is 0 Å². The van der Waals surface area contributed by atoms with E-state index in [1.54, 1.807) is 45.0 Å². The van der Waals surface area contributed by atoms with E-state index < -0.39 is 15.9 Å². The zero-order chi connectivity index (χ0) is 23.7. The van der Waals surface area contributed by atoms with Gasteiger partial charge >= 0.3 is 0 Å². The van der Waals surface area contributed by atoms with Crippen LogP contribution in [0.2, 0.25) is 5.02 Å². The number of hydrogen-bond acceptors (Lipinski definition) is 5. The molecular formula is C22H28ClN3O5S. The number of carbonyl (C=O) groups is 2. The molecule has 2 aromatic carbocycles. The molecule has 10 heteroatoms. The number of sulfonamides is 1. The maximum atomic E-state index is 12.8. The highest BCUT2D eigenvalue weighted by Gasteiger charge is 2.23. The van der Waals surface area contributed by atoms with Crippen LogP contribution >= 0.6 is 11.6 Å². The summed E-state index contributed by atoms with van der Waals surface area (Å²) in [6.07, 6.45) is -0.0191. The topological polar surface area (TPSA) is 105 Å². The number of nitrogens with zero attached hydrogens (tertiary/aromatic N) is 1. The Morgan fingerprint density at radius 3 is 2.38 bits per heavy atom. The average molecular weight is 482 g/mol. The Kier molecular flexibility index (Phi) is 9.49. The lowest BCUT2D eigenvalue weighted by Crippen LogP contribution is -2.30. The van der Waals surface area contributed by atoms with E-state index in [4.69, 9.17) is 16.3 Å². The average Bonchev–Trinajstić information content (AvgIpc) is 2.76. The first-order valence-electron chi connectivity index (χ1n) is 10.3. The molecule has 0 spiro atoms. The maximum Gasteiger partial charge on any atom is 0.252 e. The number of benzene rings is 2. The van der Waals surface area contributed by atoms with E-state index >= 15 is 0 Å². The molecule has 0 heterocycles. The molecule has 2 amide bonds. The Morgan fingerprint density at radius 1 is 1.06 bits per heavy atom. The second kappa shape index (κ2) is 11.8. The molecule has 0 unspecified atom stereocenters. The van der Waals surface area contributed by atoms with Crippen LogP contribution in [0, 0.1) is 0 Å². The van der Waals surface area contributed by atoms with Gasteiger partial charge in [0.2, 0.25) is 15.9 Å². The van der Waals surface area contributed by atoms with Gasteiger partial charge in [-0.15, -0.1) is 0 Å². The van der Waals surface area contributed by atoms with Crippen LogP contribution in [0.25, 0.3) is 0 Å². The van der Waals surface area contributed by atoms with Gasteiger partial charge in [-0.3, -0.25) is 9.59 Å². The third-order valence-electron chi connectivity index (χ3n) is 4.62. The zero-order valence-corrected chi connectivity index (χ0v) is 19.9. The molecule has 0 aliphatic carbocycles. The smallest absolute Gasteiger partial charge is 0.252 e. The van der Waals surface area contributed by atoms with Gasteiger partial charge in [-0.05, 0) is 37.3 Å². The first-order valence-corrected chi connectivity index (χ1v) is 12.2. The second-order valence-electron chi connectivity index (χ2n) is 6.71. The lowest BCUT2D eigenvalue weighted by atomic mass is 10.2. The van der Waals surface area contributed by atoms with Crippen molar-refractivity contribution < 1.29 is 22.7 Å². The predicted molar refractivity (Wildman–Crippen MR) is 125 cm³/mol. The van der Waals surface area contributed by atoms with Gasteiger partial charge in [0.05, 0.1) is 27.8 Å². The Hall–Kier alpha value is -2.62. The van der Waals surface area contributed by atoms with Crippen molar-refractivity contribution in [2.24, 2.45) is 0 Å². The minimum absolute atomic E-state index is 0.0191. The number of carbonyl (C=O) groups excluding carboxylic acids is 2. The Balaban J connectivity index is 2.10. The minimum Gasteiger partial charge on any atom is -0.492 e. The van der Waals surface area contributed by atoms with Gasteiger partial charge in [0.1, 0.15) is 5.75 Å². The Bertz CT molecular complexity index is 1060. The lowest BCUT2D eigenvalue weighted by molar-refractivity contribution is -0.116. The summed E-state index contributed by atoms with van der Waals surface area (Å²) in [6.45, 7) is 6.40. The zero-order valence-electron chi connectivity index (χ0n) is 18.4. The van der Waals surface area contributed by atoms with Crippen LogP contribution in [0.3, 0.4) is 0 Å². The fraction of sp³-hybridized carbons (Fsp3) is 0.364. The lowest BCUT2D eigenvalue weighted by Gasteiger charge is -2.20. The molecule has 0 fully saturated rings. The van der Waals surface area contributed by atoms with Crippen LogP contribution in [0.4, 0.5) is 5.69 Å². The van der Waals surface area contributed by atoms with E-state index in [2.05, 4.69) is 10.6 Å². The van der Waals surface area contributed by atoms with Crippen molar-refractivity contribution in [3.63, 3.8) is 0 Å². The SMILES string of the molecule is CCOc1ccc(S(=O)(=O)N(CC)CC)cc1NC(=O)CCNC(=O)c1ccccc1Cl. The van der Waals surface area contributed by atoms with Crippen LogP contribution < -0.4 is 15.4 Å². The molecule has 174 valence electrons. The van der Waals surface area contributed by atoms with Crippen molar-refractivity contribution in [3.05, 3.63) is 53.1 Å². The van der Waals surface area contributed by atoms with Crippen LogP contribution in [0.15, 0.2) is 47.4 Å². The normalized spacial score (nSPS) is 11.3. The summed E-state index contributed by atoms with van der Waals surface area (Å²) in [5.41, 5.74) is 0.574. The van der Waals surface area contributed by atoms with Crippen molar-refractivity contribution in [2.75, 3.05) is 31.6 Å². The van der Waals surface area contributed by atoms with Crippen LogP contribution in [-0.2, 0) is 14.8 Å². The highest BCUT2D eigenvalue weighted by molar-refractivity contribution is 7.89. The summed E-state index contributed by atoms with van der Waals surface area (Å²) in [4.78, 5) is 24.7. The molecule has 0 atom stereocenters. The predicted octanol–water partition coefficient (Wildman–Crippen LogP) is 3.53. The maximum absolute atomic E-state index is 12.8. The first-order chi connectivity index (χ1) is 15.2. The Morgan fingerprint density at radius 2 is 1.75 bits per heavy atom. The van der Waals surface area contributed by atoms with Crippen molar-refractivity contribution >= 4 is 39.1 Å². The third kappa shape index (κ3) is 6.44. The number of rotatable bonds is 11. The second-order valence-corrected chi connectivity index (χ2v) is 9.06. The van der Waals surface area contributed by atoms with Gasteiger partial charge in [-0.2, -0.15) is 4.31 Å². The van der Waals surface area contributed by atoms with Gasteiger partial charge in [-0.1, -0.05) is 37.6 Å². The van der Waals surface area contributed by atoms with E-state index in [-0.39, 0.29) is 29.5 Å². The number of nitrogens with one attached hydrogen (secondary N) is 2. The standard InChI is InChI=1S/C22H28ClN3O5S/c1-4-26(5-2)32(29,30)16-11-12-20(31-6-3)19(15-16)25-21(27)13-14-24-22(28)17-9-7-8-10-18(17)23/h7-12,15H,4-6,13-14H2,1-3H3,(H,24,28)(H,25,27). The van der Waals surface area contributed by atoms with Crippen molar-refractivity contribution in [2.45, 2.75) is 32.1 Å². The van der Waals surface area contributed by atoms with Crippen molar-refractivity contribution in [3.8, 4) is 5.75 Å². The largest absolute Gasteiger partial charge is 0.492 e. The molecule has 0 aliphatic rings. The van der Waals surface area contributed by atoms with Gasteiger partial charge in [0, 0.05) is 26.1 Å².